The van der Waals surface area contributed by atoms with E-state index in [0.29, 0.717) is 37.2 Å². The molecule has 0 bridgehead atoms. The first-order valence-electron chi connectivity index (χ1n) is 14.8. The van der Waals surface area contributed by atoms with Crippen LogP contribution in [-0.4, -0.2) is 53.7 Å². The number of halogens is 1. The predicted octanol–water partition coefficient (Wildman–Crippen LogP) is 5.70. The number of nitriles is 1. The Morgan fingerprint density at radius 3 is 2.85 bits per heavy atom. The van der Waals surface area contributed by atoms with E-state index in [1.54, 1.807) is 6.07 Å². The Balaban J connectivity index is 1.14. The Kier molecular flexibility index (Phi) is 8.60. The lowest BCUT2D eigenvalue weighted by Crippen LogP contribution is -2.38. The molecule has 3 aliphatic heterocycles. The average Bonchev–Trinajstić information content (AvgIpc) is 2.94. The summed E-state index contributed by atoms with van der Waals surface area (Å²) in [6, 6.07) is 7.98. The molecule has 0 radical (unpaired) electrons. The Morgan fingerprint density at radius 1 is 1.30 bits per heavy atom. The number of benzene rings is 1. The number of unbranched alkanes of at least 4 members (excludes halogenated alkanes) is 2. The van der Waals surface area contributed by atoms with E-state index in [2.05, 4.69) is 22.3 Å². The van der Waals surface area contributed by atoms with Gasteiger partial charge < -0.3 is 20.1 Å². The predicted molar refractivity (Wildman–Crippen MR) is 152 cm³/mol. The van der Waals surface area contributed by atoms with Gasteiger partial charge in [-0.3, -0.25) is 4.79 Å². The molecule has 8 heteroatoms. The number of pyridine rings is 1. The first-order valence-corrected chi connectivity index (χ1v) is 14.8. The van der Waals surface area contributed by atoms with Gasteiger partial charge in [0, 0.05) is 23.2 Å². The molecular weight excluding hydrogens is 507 g/mol. The fourth-order valence-electron chi connectivity index (χ4n) is 6.57. The minimum atomic E-state index is -1.00. The molecule has 214 valence electrons. The van der Waals surface area contributed by atoms with E-state index in [1.807, 2.05) is 19.9 Å². The molecule has 0 aliphatic carbocycles. The monoisotopic (exact) mass is 548 g/mol. The van der Waals surface area contributed by atoms with Crippen LogP contribution in [0.5, 0.6) is 5.75 Å². The number of aromatic nitrogens is 1. The molecule has 3 aliphatic rings. The van der Waals surface area contributed by atoms with Gasteiger partial charge in [-0.05, 0) is 100 Å². The molecule has 5 rings (SSSR count). The van der Waals surface area contributed by atoms with Crippen molar-refractivity contribution in [1.82, 2.24) is 9.88 Å². The van der Waals surface area contributed by atoms with E-state index in [-0.39, 0.29) is 22.5 Å². The van der Waals surface area contributed by atoms with Gasteiger partial charge in [-0.25, -0.2) is 9.37 Å². The maximum Gasteiger partial charge on any atom is 0.311 e. The van der Waals surface area contributed by atoms with Crippen molar-refractivity contribution in [3.63, 3.8) is 0 Å². The van der Waals surface area contributed by atoms with E-state index in [9.17, 15) is 15.2 Å². The van der Waals surface area contributed by atoms with Crippen LogP contribution in [0.25, 0.3) is 0 Å². The van der Waals surface area contributed by atoms with Crippen molar-refractivity contribution in [2.24, 2.45) is 11.3 Å². The summed E-state index contributed by atoms with van der Waals surface area (Å²) in [5, 5.41) is 23.4. The topological polar surface area (TPSA) is 98.5 Å². The van der Waals surface area contributed by atoms with E-state index >= 15 is 4.39 Å². The summed E-state index contributed by atoms with van der Waals surface area (Å²) in [5.74, 6) is -1.25. The third kappa shape index (κ3) is 6.25. The van der Waals surface area contributed by atoms with Gasteiger partial charge >= 0.3 is 5.97 Å². The highest BCUT2D eigenvalue weighted by atomic mass is 19.1. The smallest absolute Gasteiger partial charge is 0.311 e. The normalized spacial score (nSPS) is 19.4. The number of ether oxygens (including phenoxy) is 1. The van der Waals surface area contributed by atoms with Crippen LogP contribution in [0.3, 0.4) is 0 Å². The summed E-state index contributed by atoms with van der Waals surface area (Å²) in [5.41, 5.74) is 2.74. The number of rotatable bonds is 9. The first kappa shape index (κ1) is 28.4. The Labute approximate surface area is 236 Å². The molecule has 2 aromatic rings. The number of piperidine rings is 1. The molecule has 7 nitrogen and oxygen atoms in total. The lowest BCUT2D eigenvalue weighted by molar-refractivity contribution is -0.140. The number of hydrogen-bond acceptors (Lipinski definition) is 6. The molecule has 2 N–H and O–H groups in total. The van der Waals surface area contributed by atoms with Crippen LogP contribution in [0, 0.1) is 28.5 Å². The highest BCUT2D eigenvalue weighted by Gasteiger charge is 2.38. The molecule has 0 spiro atoms. The average molecular weight is 549 g/mol. The highest BCUT2D eigenvalue weighted by Crippen LogP contribution is 2.42. The third-order valence-electron chi connectivity index (χ3n) is 8.81. The lowest BCUT2D eigenvalue weighted by atomic mass is 9.76. The molecule has 1 atom stereocenters. The highest BCUT2D eigenvalue weighted by molar-refractivity contribution is 5.78. The van der Waals surface area contributed by atoms with Crippen molar-refractivity contribution in [1.29, 1.82) is 5.26 Å². The number of carboxylic acid groups (broad SMARTS) is 1. The zero-order valence-corrected chi connectivity index (χ0v) is 23.8. The maximum absolute atomic E-state index is 15.5. The van der Waals surface area contributed by atoms with Crippen molar-refractivity contribution in [3.05, 3.63) is 52.0 Å². The molecular formula is C32H41FN4O3. The van der Waals surface area contributed by atoms with Crippen LogP contribution in [0.15, 0.2) is 18.2 Å². The zero-order valence-electron chi connectivity index (χ0n) is 23.8. The van der Waals surface area contributed by atoms with E-state index < -0.39 is 17.7 Å². The van der Waals surface area contributed by atoms with E-state index in [0.717, 1.165) is 69.8 Å². The van der Waals surface area contributed by atoms with Crippen molar-refractivity contribution in [2.75, 3.05) is 38.1 Å². The first-order chi connectivity index (χ1) is 19.3. The molecule has 0 saturated carbocycles. The Hall–Kier alpha value is -3.18. The second-order valence-corrected chi connectivity index (χ2v) is 12.5. The van der Waals surface area contributed by atoms with Gasteiger partial charge in [-0.1, -0.05) is 26.3 Å². The summed E-state index contributed by atoms with van der Waals surface area (Å²) in [7, 11) is 0. The number of nitrogens with one attached hydrogen (secondary N) is 1. The third-order valence-corrected chi connectivity index (χ3v) is 8.81. The number of carboxylic acids is 1. The summed E-state index contributed by atoms with van der Waals surface area (Å²) >= 11 is 0. The Morgan fingerprint density at radius 2 is 2.10 bits per heavy atom. The van der Waals surface area contributed by atoms with Crippen LogP contribution in [0.2, 0.25) is 0 Å². The molecule has 1 aromatic heterocycles. The number of hydrogen-bond donors (Lipinski definition) is 2. The van der Waals surface area contributed by atoms with Gasteiger partial charge in [0.25, 0.3) is 0 Å². The molecule has 0 unspecified atom stereocenters. The number of anilines is 1. The molecule has 1 aromatic carbocycles. The zero-order chi connectivity index (χ0) is 28.3. The maximum atomic E-state index is 15.5. The second-order valence-electron chi connectivity index (χ2n) is 12.5. The van der Waals surface area contributed by atoms with Crippen LogP contribution < -0.4 is 10.1 Å². The van der Waals surface area contributed by atoms with Crippen molar-refractivity contribution in [3.8, 4) is 11.8 Å². The minimum Gasteiger partial charge on any atom is -0.493 e. The molecule has 4 heterocycles. The summed E-state index contributed by atoms with van der Waals surface area (Å²) < 4.78 is 21.3. The summed E-state index contributed by atoms with van der Waals surface area (Å²) in [6.07, 6.45) is 8.46. The van der Waals surface area contributed by atoms with Gasteiger partial charge in [-0.2, -0.15) is 5.26 Å². The minimum absolute atomic E-state index is 0.140. The quantitative estimate of drug-likeness (QED) is 0.388. The number of likely N-dealkylation sites (tertiary alicyclic amines) is 1. The van der Waals surface area contributed by atoms with Crippen molar-refractivity contribution < 1.29 is 19.0 Å². The van der Waals surface area contributed by atoms with Gasteiger partial charge in [0.2, 0.25) is 0 Å². The van der Waals surface area contributed by atoms with Gasteiger partial charge in [-0.15, -0.1) is 0 Å². The molecule has 1 fully saturated rings. The van der Waals surface area contributed by atoms with Crippen LogP contribution in [0.4, 0.5) is 10.2 Å². The Bertz CT molecular complexity index is 1280. The van der Waals surface area contributed by atoms with Crippen LogP contribution in [0.1, 0.15) is 86.2 Å². The summed E-state index contributed by atoms with van der Waals surface area (Å²) in [4.78, 5) is 19.7. The number of aliphatic carboxylic acids is 1. The van der Waals surface area contributed by atoms with E-state index in [1.165, 1.54) is 12.0 Å². The second kappa shape index (κ2) is 12.1. The van der Waals surface area contributed by atoms with Crippen molar-refractivity contribution in [2.45, 2.75) is 77.6 Å². The van der Waals surface area contributed by atoms with Crippen molar-refractivity contribution >= 4 is 11.8 Å². The van der Waals surface area contributed by atoms with Gasteiger partial charge in [0.15, 0.2) is 0 Å². The van der Waals surface area contributed by atoms with Crippen LogP contribution in [-0.2, 0) is 24.1 Å². The van der Waals surface area contributed by atoms with Gasteiger partial charge in [0.05, 0.1) is 18.1 Å². The largest absolute Gasteiger partial charge is 0.493 e. The number of fused-ring (bicyclic) bond motifs is 2. The fraction of sp³-hybridized carbons (Fsp3) is 0.594. The SMILES string of the molecule is CC1(C)COc2cc([C@@H](C(=O)O)C3CCN(CCCCCc4ccc5c(n4)NCCC5)CC3)c(C#N)c(F)c2C1. The lowest BCUT2D eigenvalue weighted by Gasteiger charge is -2.36. The standard InChI is InChI=1S/C32H41FN4O3/c1-32(2)18-25-27(40-20-32)17-24(26(19-34)29(25)33)28(31(38)39)21-11-15-37(16-12-21)14-5-3-4-8-23-10-9-22-7-6-13-35-30(22)36-23/h9-10,17,21,28H,3-8,11-16,18,20H2,1-2H3,(H,35,36)(H,38,39)/t28-/m0/s1. The molecule has 40 heavy (non-hydrogen) atoms. The molecule has 0 amide bonds. The number of nitrogens with zero attached hydrogens (tertiary/aromatic N) is 3. The number of aryl methyl sites for hydroxylation is 2. The van der Waals surface area contributed by atoms with E-state index in [4.69, 9.17) is 9.72 Å². The summed E-state index contributed by atoms with van der Waals surface area (Å²) in [6.45, 7) is 8.04. The fourth-order valence-corrected chi connectivity index (χ4v) is 6.57. The van der Waals surface area contributed by atoms with Gasteiger partial charge in [0.1, 0.15) is 23.5 Å². The molecule has 1 saturated heterocycles. The van der Waals surface area contributed by atoms with Crippen LogP contribution >= 0.6 is 0 Å². The number of carbonyl (C=O) groups is 1.